The van der Waals surface area contributed by atoms with Crippen molar-refractivity contribution in [2.75, 3.05) is 39.5 Å². The molecule has 4 N–H and O–H groups in total. The zero-order valence-electron chi connectivity index (χ0n) is 15.3. The summed E-state index contributed by atoms with van der Waals surface area (Å²) in [6, 6.07) is 0. The number of nitrogens with one attached hydrogen (secondary N) is 3. The molecule has 2 rings (SSSR count). The van der Waals surface area contributed by atoms with Crippen molar-refractivity contribution in [3.63, 3.8) is 0 Å². The van der Waals surface area contributed by atoms with E-state index >= 15 is 0 Å². The van der Waals surface area contributed by atoms with Crippen LogP contribution in [0.4, 0.5) is 9.59 Å². The van der Waals surface area contributed by atoms with Gasteiger partial charge >= 0.3 is 12.2 Å². The van der Waals surface area contributed by atoms with E-state index < -0.39 is 29.4 Å². The predicted molar refractivity (Wildman–Crippen MR) is 91.4 cm³/mol. The monoisotopic (exact) mass is 384 g/mol. The first kappa shape index (κ1) is 20.6. The summed E-state index contributed by atoms with van der Waals surface area (Å²) in [5, 5.41) is 16.5. The van der Waals surface area contributed by atoms with Crippen LogP contribution in [0, 0.1) is 0 Å². The average Bonchev–Trinajstić information content (AvgIpc) is 3.42. The molecule has 0 aromatic rings. The Hall–Kier alpha value is -2.66. The van der Waals surface area contributed by atoms with Crippen LogP contribution in [0.3, 0.4) is 0 Å². The molecule has 11 heteroatoms. The first-order chi connectivity index (χ1) is 12.9. The van der Waals surface area contributed by atoms with Crippen molar-refractivity contribution < 1.29 is 33.8 Å². The fraction of sp³-hybridized carbons (Fsp3) is 0.625. The fourth-order valence-corrected chi connectivity index (χ4v) is 2.76. The van der Waals surface area contributed by atoms with E-state index in [4.69, 9.17) is 14.6 Å². The van der Waals surface area contributed by atoms with Gasteiger partial charge in [0.1, 0.15) is 11.4 Å². The van der Waals surface area contributed by atoms with Crippen LogP contribution in [0.2, 0.25) is 0 Å². The summed E-state index contributed by atoms with van der Waals surface area (Å²) in [6.07, 6.45) is -2.18. The van der Waals surface area contributed by atoms with Gasteiger partial charge in [0.15, 0.2) is 11.4 Å². The van der Waals surface area contributed by atoms with E-state index in [1.54, 1.807) is 18.7 Å². The van der Waals surface area contributed by atoms with Crippen LogP contribution in [0.1, 0.15) is 20.3 Å². The molecule has 1 aliphatic heterocycles. The predicted octanol–water partition coefficient (Wildman–Crippen LogP) is -1.17. The summed E-state index contributed by atoms with van der Waals surface area (Å²) in [4.78, 5) is 51.4. The van der Waals surface area contributed by atoms with Gasteiger partial charge < -0.3 is 19.5 Å². The van der Waals surface area contributed by atoms with Crippen molar-refractivity contribution in [1.29, 1.82) is 0 Å². The number of ether oxygens (including phenoxy) is 2. The highest BCUT2D eigenvalue weighted by molar-refractivity contribution is 6.17. The van der Waals surface area contributed by atoms with E-state index in [9.17, 15) is 19.2 Å². The number of amides is 2. The van der Waals surface area contributed by atoms with Gasteiger partial charge in [-0.3, -0.25) is 25.5 Å². The number of Topliss-reactive ketones (excluding diaryl/α,β-unsaturated/α-hetero) is 2. The van der Waals surface area contributed by atoms with Crippen molar-refractivity contribution >= 4 is 23.8 Å². The second-order valence-corrected chi connectivity index (χ2v) is 5.89. The van der Waals surface area contributed by atoms with Crippen LogP contribution in [0.25, 0.3) is 0 Å². The summed E-state index contributed by atoms with van der Waals surface area (Å²) < 4.78 is 9.63. The Labute approximate surface area is 156 Å². The minimum absolute atomic E-state index is 0.0624. The number of hydrogen-bond acceptors (Lipinski definition) is 9. The summed E-state index contributed by atoms with van der Waals surface area (Å²) in [6.45, 7) is 4.07. The highest BCUT2D eigenvalue weighted by Crippen LogP contribution is 2.30. The molecule has 0 aromatic carbocycles. The third-order valence-corrected chi connectivity index (χ3v) is 3.94. The van der Waals surface area contributed by atoms with Crippen LogP contribution in [0.5, 0.6) is 0 Å². The first-order valence-corrected chi connectivity index (χ1v) is 8.70. The maximum absolute atomic E-state index is 13.2. The molecule has 1 unspecified atom stereocenters. The molecule has 150 valence electrons. The van der Waals surface area contributed by atoms with Crippen LogP contribution in [-0.4, -0.2) is 78.9 Å². The number of aliphatic hydroxyl groups is 1. The Morgan fingerprint density at radius 1 is 1.15 bits per heavy atom. The maximum Gasteiger partial charge on any atom is 0.411 e. The van der Waals surface area contributed by atoms with Gasteiger partial charge in [0.05, 0.1) is 26.2 Å². The average molecular weight is 384 g/mol. The summed E-state index contributed by atoms with van der Waals surface area (Å²) in [7, 11) is 0. The quantitative estimate of drug-likeness (QED) is 0.300. The lowest BCUT2D eigenvalue weighted by molar-refractivity contribution is -0.131. The zero-order chi connectivity index (χ0) is 20.0. The van der Waals surface area contributed by atoms with Gasteiger partial charge in [-0.1, -0.05) is 0 Å². The number of carbonyl (C=O) groups excluding carboxylic acids is 4. The molecule has 27 heavy (non-hydrogen) atoms. The zero-order valence-corrected chi connectivity index (χ0v) is 15.3. The lowest BCUT2D eigenvalue weighted by Crippen LogP contribution is -2.68. The highest BCUT2D eigenvalue weighted by atomic mass is 16.6. The summed E-state index contributed by atoms with van der Waals surface area (Å²) in [5.74, 6) is -1.17. The molecular formula is C16H24N4O7. The third kappa shape index (κ3) is 4.74. The number of hydrogen-bond donors (Lipinski definition) is 4. The summed E-state index contributed by atoms with van der Waals surface area (Å²) in [5.41, 5.74) is -2.02. The number of rotatable bonds is 8. The Morgan fingerprint density at radius 2 is 1.78 bits per heavy atom. The van der Waals surface area contributed by atoms with Crippen molar-refractivity contribution in [1.82, 2.24) is 20.9 Å². The van der Waals surface area contributed by atoms with Gasteiger partial charge in [0, 0.05) is 19.6 Å². The van der Waals surface area contributed by atoms with Crippen molar-refractivity contribution in [3.05, 3.63) is 11.4 Å². The van der Waals surface area contributed by atoms with Gasteiger partial charge in [0.2, 0.25) is 5.78 Å². The third-order valence-electron chi connectivity index (χ3n) is 3.94. The van der Waals surface area contributed by atoms with Gasteiger partial charge in [-0.25, -0.2) is 9.59 Å². The minimum atomic E-state index is -1.85. The number of allylic oxidation sites excluding steroid dienone is 1. The molecular weight excluding hydrogens is 360 g/mol. The second-order valence-electron chi connectivity index (χ2n) is 5.89. The van der Waals surface area contributed by atoms with Crippen LogP contribution < -0.4 is 16.0 Å². The molecule has 1 heterocycles. The van der Waals surface area contributed by atoms with Crippen LogP contribution in [-0.2, 0) is 19.1 Å². The number of ketones is 2. The largest absolute Gasteiger partial charge is 0.450 e. The van der Waals surface area contributed by atoms with E-state index in [1.807, 2.05) is 0 Å². The highest BCUT2D eigenvalue weighted by Gasteiger charge is 2.51. The normalized spacial score (nSPS) is 21.8. The van der Waals surface area contributed by atoms with Crippen molar-refractivity contribution in [3.8, 4) is 0 Å². The molecule has 2 aliphatic rings. The Morgan fingerprint density at radius 3 is 2.33 bits per heavy atom. The Kier molecular flexibility index (Phi) is 6.75. The van der Waals surface area contributed by atoms with Crippen LogP contribution in [0.15, 0.2) is 11.4 Å². The van der Waals surface area contributed by atoms with Crippen LogP contribution >= 0.6 is 0 Å². The number of alkyl carbamates (subject to hydrolysis) is 2. The second kappa shape index (κ2) is 8.82. The van der Waals surface area contributed by atoms with Gasteiger partial charge in [-0.2, -0.15) is 0 Å². The van der Waals surface area contributed by atoms with E-state index in [-0.39, 0.29) is 44.2 Å². The lowest BCUT2D eigenvalue weighted by atomic mass is 9.87. The standard InChI is InChI=1S/C16H24N4O7/c1-3-26-14(24)18-11-12(20-6-7-20)10(22)9-16(13(11)23,17-5-8-21)19-15(25)27-4-2/h17,21H,3-9H2,1-2H3,(H,18,24)(H,19,25). The molecule has 0 radical (unpaired) electrons. The van der Waals surface area contributed by atoms with E-state index in [0.29, 0.717) is 13.1 Å². The molecule has 1 fully saturated rings. The molecule has 0 saturated carbocycles. The topological polar surface area (TPSA) is 146 Å². The molecule has 1 saturated heterocycles. The van der Waals surface area contributed by atoms with E-state index in [0.717, 1.165) is 0 Å². The first-order valence-electron chi connectivity index (χ1n) is 8.70. The molecule has 0 bridgehead atoms. The fourth-order valence-electron chi connectivity index (χ4n) is 2.76. The van der Waals surface area contributed by atoms with Gasteiger partial charge in [-0.05, 0) is 13.8 Å². The molecule has 0 spiro atoms. The number of carbonyl (C=O) groups is 4. The van der Waals surface area contributed by atoms with Crippen molar-refractivity contribution in [2.45, 2.75) is 25.9 Å². The SMILES string of the molecule is CCOC(=O)NC1=C(N2CC2)C(=O)CC(NCCO)(NC(=O)OCC)C1=O. The number of nitrogens with zero attached hydrogens (tertiary/aromatic N) is 1. The molecule has 11 nitrogen and oxygen atoms in total. The van der Waals surface area contributed by atoms with Gasteiger partial charge in [-0.15, -0.1) is 0 Å². The Balaban J connectivity index is 2.41. The molecule has 1 aliphatic carbocycles. The van der Waals surface area contributed by atoms with Gasteiger partial charge in [0.25, 0.3) is 0 Å². The maximum atomic E-state index is 13.2. The smallest absolute Gasteiger partial charge is 0.411 e. The summed E-state index contributed by atoms with van der Waals surface area (Å²) >= 11 is 0. The van der Waals surface area contributed by atoms with Crippen molar-refractivity contribution in [2.24, 2.45) is 0 Å². The lowest BCUT2D eigenvalue weighted by Gasteiger charge is -2.37. The Bertz CT molecular complexity index is 659. The molecule has 2 amide bonds. The molecule has 1 atom stereocenters. The minimum Gasteiger partial charge on any atom is -0.450 e. The van der Waals surface area contributed by atoms with E-state index in [1.165, 1.54) is 0 Å². The molecule has 0 aromatic heterocycles. The number of aliphatic hydroxyl groups excluding tert-OH is 1. The van der Waals surface area contributed by atoms with E-state index in [2.05, 4.69) is 16.0 Å².